The summed E-state index contributed by atoms with van der Waals surface area (Å²) in [5, 5.41) is 0.752. The summed E-state index contributed by atoms with van der Waals surface area (Å²) in [6, 6.07) is 4.40. The van der Waals surface area contributed by atoms with Crippen molar-refractivity contribution >= 4 is 32.5 Å². The number of unbranched alkanes of at least 4 members (excludes halogenated alkanes) is 1. The highest BCUT2D eigenvalue weighted by Crippen LogP contribution is 2.27. The Labute approximate surface area is 128 Å². The van der Waals surface area contributed by atoms with Crippen LogP contribution in [-0.4, -0.2) is 19.9 Å². The number of benzene rings is 1. The molecule has 0 aliphatic heterocycles. The number of hydrogen-bond acceptors (Lipinski definition) is 3. The largest absolute Gasteiger partial charge is 0.322 e. The Morgan fingerprint density at radius 1 is 1.29 bits per heavy atom. The standard InChI is InChI=1S/C14H17ClN2O3S/c1-3-4-5-16-21(19,20)13-7-10-9(2)6-14(18)17-12(10)8-11(13)15/h6-8,16H,3-5H2,1-2H3,(H,17,18). The van der Waals surface area contributed by atoms with Crippen molar-refractivity contribution in [2.45, 2.75) is 31.6 Å². The third-order valence-corrected chi connectivity index (χ3v) is 5.14. The molecule has 114 valence electrons. The van der Waals surface area contributed by atoms with E-state index in [0.717, 1.165) is 12.8 Å². The number of pyridine rings is 1. The van der Waals surface area contributed by atoms with Crippen LogP contribution in [0.2, 0.25) is 5.02 Å². The Balaban J connectivity index is 2.55. The fourth-order valence-electron chi connectivity index (χ4n) is 2.09. The SMILES string of the molecule is CCCCNS(=O)(=O)c1cc2c(C)cc(=O)[nH]c2cc1Cl. The summed E-state index contributed by atoms with van der Waals surface area (Å²) < 4.78 is 27.1. The van der Waals surface area contributed by atoms with Gasteiger partial charge in [-0.25, -0.2) is 13.1 Å². The number of fused-ring (bicyclic) bond motifs is 1. The number of halogens is 1. The van der Waals surface area contributed by atoms with Gasteiger partial charge in [0.1, 0.15) is 4.90 Å². The van der Waals surface area contributed by atoms with Crippen LogP contribution in [0.15, 0.2) is 27.9 Å². The molecule has 2 aromatic rings. The molecule has 0 unspecified atom stereocenters. The highest BCUT2D eigenvalue weighted by molar-refractivity contribution is 7.89. The lowest BCUT2D eigenvalue weighted by atomic mass is 10.1. The maximum absolute atomic E-state index is 12.3. The van der Waals surface area contributed by atoms with E-state index in [-0.39, 0.29) is 15.5 Å². The van der Waals surface area contributed by atoms with Gasteiger partial charge in [-0.1, -0.05) is 24.9 Å². The second kappa shape index (κ2) is 6.17. The molecule has 0 bridgehead atoms. The number of nitrogens with one attached hydrogen (secondary N) is 2. The minimum absolute atomic E-state index is 0.0305. The van der Waals surface area contributed by atoms with Gasteiger partial charge >= 0.3 is 0 Å². The van der Waals surface area contributed by atoms with Crippen molar-refractivity contribution in [3.8, 4) is 0 Å². The van der Waals surface area contributed by atoms with Gasteiger partial charge in [-0.05, 0) is 31.0 Å². The highest BCUT2D eigenvalue weighted by atomic mass is 35.5. The van der Waals surface area contributed by atoms with Gasteiger partial charge in [0.25, 0.3) is 0 Å². The van der Waals surface area contributed by atoms with Crippen LogP contribution >= 0.6 is 11.6 Å². The average molecular weight is 329 g/mol. The second-order valence-corrected chi connectivity index (χ2v) is 7.04. The van der Waals surface area contributed by atoms with Crippen molar-refractivity contribution in [1.82, 2.24) is 9.71 Å². The quantitative estimate of drug-likeness (QED) is 0.828. The zero-order valence-corrected chi connectivity index (χ0v) is 13.4. The van der Waals surface area contributed by atoms with Crippen molar-refractivity contribution in [3.05, 3.63) is 39.1 Å². The van der Waals surface area contributed by atoms with Gasteiger partial charge in [0.2, 0.25) is 15.6 Å². The van der Waals surface area contributed by atoms with E-state index in [1.165, 1.54) is 18.2 Å². The first-order chi connectivity index (χ1) is 9.85. The number of H-pyrrole nitrogens is 1. The summed E-state index contributed by atoms with van der Waals surface area (Å²) in [5.74, 6) is 0. The molecule has 0 saturated carbocycles. The Morgan fingerprint density at radius 3 is 2.67 bits per heavy atom. The molecule has 0 spiro atoms. The van der Waals surface area contributed by atoms with Crippen LogP contribution in [0.25, 0.3) is 10.9 Å². The predicted octanol–water partition coefficient (Wildman–Crippen LogP) is 2.57. The summed E-state index contributed by atoms with van der Waals surface area (Å²) in [4.78, 5) is 14.1. The van der Waals surface area contributed by atoms with E-state index in [0.29, 0.717) is 23.0 Å². The van der Waals surface area contributed by atoms with Crippen LogP contribution < -0.4 is 10.3 Å². The summed E-state index contributed by atoms with van der Waals surface area (Å²) in [7, 11) is -3.66. The number of aryl methyl sites for hydroxylation is 1. The van der Waals surface area contributed by atoms with Gasteiger partial charge in [-0.3, -0.25) is 4.79 Å². The first-order valence-electron chi connectivity index (χ1n) is 6.68. The van der Waals surface area contributed by atoms with Gasteiger partial charge in [-0.15, -0.1) is 0 Å². The smallest absolute Gasteiger partial charge is 0.248 e. The lowest BCUT2D eigenvalue weighted by Crippen LogP contribution is -2.25. The number of hydrogen-bond donors (Lipinski definition) is 2. The van der Waals surface area contributed by atoms with Gasteiger partial charge in [0, 0.05) is 18.0 Å². The van der Waals surface area contributed by atoms with Crippen LogP contribution in [-0.2, 0) is 10.0 Å². The summed E-state index contributed by atoms with van der Waals surface area (Å²) >= 11 is 6.06. The summed E-state index contributed by atoms with van der Waals surface area (Å²) in [5.41, 5.74) is 0.987. The summed E-state index contributed by atoms with van der Waals surface area (Å²) in [6.45, 7) is 4.11. The molecule has 2 N–H and O–H groups in total. The monoisotopic (exact) mass is 328 g/mol. The van der Waals surface area contributed by atoms with Crippen molar-refractivity contribution in [2.75, 3.05) is 6.54 Å². The fourth-order valence-corrected chi connectivity index (χ4v) is 3.72. The molecule has 21 heavy (non-hydrogen) atoms. The zero-order chi connectivity index (χ0) is 15.6. The summed E-state index contributed by atoms with van der Waals surface area (Å²) in [6.07, 6.45) is 1.66. The molecule has 0 amide bonds. The van der Waals surface area contributed by atoms with E-state index in [4.69, 9.17) is 11.6 Å². The molecule has 0 aliphatic rings. The first kappa shape index (κ1) is 16.0. The van der Waals surface area contributed by atoms with E-state index in [1.54, 1.807) is 6.92 Å². The van der Waals surface area contributed by atoms with Gasteiger partial charge < -0.3 is 4.98 Å². The number of sulfonamides is 1. The molecule has 0 fully saturated rings. The molecule has 7 heteroatoms. The molecular formula is C14H17ClN2O3S. The minimum atomic E-state index is -3.66. The minimum Gasteiger partial charge on any atom is -0.322 e. The highest BCUT2D eigenvalue weighted by Gasteiger charge is 2.19. The predicted molar refractivity (Wildman–Crippen MR) is 84.4 cm³/mol. The topological polar surface area (TPSA) is 79.0 Å². The number of aromatic amines is 1. The van der Waals surface area contributed by atoms with Gasteiger partial charge in [0.05, 0.1) is 10.5 Å². The Hall–Kier alpha value is -1.37. The van der Waals surface area contributed by atoms with Gasteiger partial charge in [0.15, 0.2) is 0 Å². The van der Waals surface area contributed by atoms with E-state index in [1.807, 2.05) is 6.92 Å². The van der Waals surface area contributed by atoms with Crippen molar-refractivity contribution in [1.29, 1.82) is 0 Å². The first-order valence-corrected chi connectivity index (χ1v) is 8.54. The van der Waals surface area contributed by atoms with Crippen LogP contribution in [0, 0.1) is 6.92 Å². The second-order valence-electron chi connectivity index (χ2n) is 4.90. The molecule has 1 aromatic carbocycles. The van der Waals surface area contributed by atoms with Crippen LogP contribution in [0.1, 0.15) is 25.3 Å². The van der Waals surface area contributed by atoms with Crippen LogP contribution in [0.3, 0.4) is 0 Å². The molecule has 5 nitrogen and oxygen atoms in total. The van der Waals surface area contributed by atoms with Crippen molar-refractivity contribution in [3.63, 3.8) is 0 Å². The maximum atomic E-state index is 12.3. The normalized spacial score (nSPS) is 12.0. The lowest BCUT2D eigenvalue weighted by molar-refractivity contribution is 0.578. The molecule has 1 heterocycles. The van der Waals surface area contributed by atoms with E-state index >= 15 is 0 Å². The third kappa shape index (κ3) is 3.45. The van der Waals surface area contributed by atoms with E-state index in [2.05, 4.69) is 9.71 Å². The van der Waals surface area contributed by atoms with E-state index in [9.17, 15) is 13.2 Å². The molecule has 0 radical (unpaired) electrons. The molecule has 0 aliphatic carbocycles. The molecule has 0 saturated heterocycles. The molecule has 0 atom stereocenters. The molecular weight excluding hydrogens is 312 g/mol. The van der Waals surface area contributed by atoms with Gasteiger partial charge in [-0.2, -0.15) is 0 Å². The van der Waals surface area contributed by atoms with E-state index < -0.39 is 10.0 Å². The Bertz CT molecular complexity index is 828. The average Bonchev–Trinajstić information content (AvgIpc) is 2.37. The maximum Gasteiger partial charge on any atom is 0.248 e. The van der Waals surface area contributed by atoms with Crippen molar-refractivity contribution in [2.24, 2.45) is 0 Å². The third-order valence-electron chi connectivity index (χ3n) is 3.21. The molecule has 1 aromatic heterocycles. The lowest BCUT2D eigenvalue weighted by Gasteiger charge is -2.10. The number of aromatic nitrogens is 1. The fraction of sp³-hybridized carbons (Fsp3) is 0.357. The van der Waals surface area contributed by atoms with Crippen molar-refractivity contribution < 1.29 is 8.42 Å². The number of rotatable bonds is 5. The zero-order valence-electron chi connectivity index (χ0n) is 11.9. The molecule has 2 rings (SSSR count). The Morgan fingerprint density at radius 2 is 2.00 bits per heavy atom. The van der Waals surface area contributed by atoms with Crippen LogP contribution in [0.4, 0.5) is 0 Å². The Kier molecular flexibility index (Phi) is 4.70. The van der Waals surface area contributed by atoms with Crippen LogP contribution in [0.5, 0.6) is 0 Å².